The molecule has 0 radical (unpaired) electrons. The van der Waals surface area contributed by atoms with Crippen molar-refractivity contribution in [1.82, 2.24) is 5.32 Å². The summed E-state index contributed by atoms with van der Waals surface area (Å²) in [6.45, 7) is 0.0341. The second-order valence-electron chi connectivity index (χ2n) is 6.97. The molecule has 0 heterocycles. The van der Waals surface area contributed by atoms with Gasteiger partial charge < -0.3 is 19.2 Å². The minimum Gasteiger partial charge on any atom is -0.534 e. The van der Waals surface area contributed by atoms with Crippen molar-refractivity contribution in [3.8, 4) is 17.2 Å². The van der Waals surface area contributed by atoms with Gasteiger partial charge in [-0.2, -0.15) is 0 Å². The molecule has 0 aliphatic heterocycles. The van der Waals surface area contributed by atoms with Crippen LogP contribution in [0.25, 0.3) is 0 Å². The average Bonchev–Trinajstić information content (AvgIpc) is 2.79. The summed E-state index contributed by atoms with van der Waals surface area (Å²) < 4.78 is 16.9. The molecule has 164 valence electrons. The molecule has 0 amide bonds. The second kappa shape index (κ2) is 12.2. The summed E-state index contributed by atoms with van der Waals surface area (Å²) >= 11 is 0. The van der Waals surface area contributed by atoms with Gasteiger partial charge in [-0.1, -0.05) is 42.5 Å². The number of carboxylic acids is 1. The topological polar surface area (TPSA) is 94.1 Å². The highest BCUT2D eigenvalue weighted by Gasteiger charge is 2.07. The number of carbonyl (C=O) groups excluding carboxylic acids is 1. The highest BCUT2D eigenvalue weighted by Crippen LogP contribution is 2.22. The summed E-state index contributed by atoms with van der Waals surface area (Å²) in [5, 5.41) is 11.0. The molecule has 0 aliphatic rings. The molecule has 0 fully saturated rings. The van der Waals surface area contributed by atoms with E-state index in [1.165, 1.54) is 0 Å². The molecule has 2 N–H and O–H groups in total. The van der Waals surface area contributed by atoms with E-state index in [0.29, 0.717) is 18.8 Å². The summed E-state index contributed by atoms with van der Waals surface area (Å²) in [6.07, 6.45) is 0.709. The van der Waals surface area contributed by atoms with Crippen molar-refractivity contribution in [3.05, 3.63) is 84.4 Å². The van der Waals surface area contributed by atoms with Crippen LogP contribution in [0.2, 0.25) is 0 Å². The predicted molar refractivity (Wildman–Crippen MR) is 122 cm³/mol. The first-order valence-electron chi connectivity index (χ1n) is 10.2. The van der Waals surface area contributed by atoms with Crippen LogP contribution in [-0.4, -0.2) is 44.2 Å². The number of hydrogen-bond donors (Lipinski definition) is 2. The van der Waals surface area contributed by atoms with E-state index in [1.807, 2.05) is 78.9 Å². The fraction of sp³-hybridized carbons (Fsp3) is 0.167. The summed E-state index contributed by atoms with van der Waals surface area (Å²) in [4.78, 5) is 22.1. The van der Waals surface area contributed by atoms with Crippen molar-refractivity contribution in [2.75, 3.05) is 19.7 Å². The van der Waals surface area contributed by atoms with Crippen LogP contribution in [0, 0.1) is 0 Å². The van der Waals surface area contributed by atoms with Crippen molar-refractivity contribution >= 4 is 24.9 Å². The third-order valence-electron chi connectivity index (χ3n) is 4.38. The van der Waals surface area contributed by atoms with Gasteiger partial charge in [0, 0.05) is 6.42 Å². The van der Waals surface area contributed by atoms with E-state index < -0.39 is 11.9 Å². The summed E-state index contributed by atoms with van der Waals surface area (Å²) in [6, 6.07) is 24.8. The Morgan fingerprint density at radius 2 is 1.59 bits per heavy atom. The van der Waals surface area contributed by atoms with Crippen LogP contribution in [0.15, 0.2) is 78.9 Å². The number of hydrogen-bond acceptors (Lipinski definition) is 6. The molecular weight excluding hydrogens is 409 g/mol. The van der Waals surface area contributed by atoms with Gasteiger partial charge in [-0.3, -0.25) is 14.9 Å². The van der Waals surface area contributed by atoms with E-state index in [4.69, 9.17) is 19.2 Å². The van der Waals surface area contributed by atoms with Gasteiger partial charge in [0.1, 0.15) is 17.2 Å². The van der Waals surface area contributed by atoms with E-state index in [1.54, 1.807) is 0 Å². The number of rotatable bonds is 12. The number of para-hydroxylation sites is 1. The number of aliphatic carboxylic acids is 1. The van der Waals surface area contributed by atoms with E-state index in [2.05, 4.69) is 5.32 Å². The molecule has 3 aromatic carbocycles. The quantitative estimate of drug-likeness (QED) is 0.424. The maximum absolute atomic E-state index is 11.6. The van der Waals surface area contributed by atoms with Gasteiger partial charge >= 0.3 is 19.4 Å². The van der Waals surface area contributed by atoms with Crippen LogP contribution in [0.3, 0.4) is 0 Å². The van der Waals surface area contributed by atoms with Crippen molar-refractivity contribution in [2.45, 2.75) is 6.42 Å². The fourth-order valence-corrected chi connectivity index (χ4v) is 2.89. The van der Waals surface area contributed by atoms with Crippen molar-refractivity contribution < 1.29 is 28.8 Å². The van der Waals surface area contributed by atoms with Crippen LogP contribution in [-0.2, 0) is 20.7 Å². The van der Waals surface area contributed by atoms with Crippen molar-refractivity contribution in [3.63, 3.8) is 0 Å². The Morgan fingerprint density at radius 3 is 2.41 bits per heavy atom. The molecule has 3 rings (SSSR count). The Labute approximate surface area is 187 Å². The second-order valence-corrected chi connectivity index (χ2v) is 6.97. The van der Waals surface area contributed by atoms with Crippen LogP contribution < -0.4 is 20.3 Å². The first-order valence-corrected chi connectivity index (χ1v) is 10.2. The van der Waals surface area contributed by atoms with Crippen LogP contribution in [0.1, 0.15) is 5.56 Å². The fourth-order valence-electron chi connectivity index (χ4n) is 2.89. The van der Waals surface area contributed by atoms with E-state index in [0.717, 1.165) is 22.5 Å². The first kappa shape index (κ1) is 22.9. The molecular formula is C24H24BNO6. The smallest absolute Gasteiger partial charge is 0.377 e. The van der Waals surface area contributed by atoms with Gasteiger partial charge in [0.2, 0.25) is 0 Å². The Hall–Kier alpha value is -3.78. The summed E-state index contributed by atoms with van der Waals surface area (Å²) in [5.41, 5.74) is 1.88. The highest BCUT2D eigenvalue weighted by molar-refractivity contribution is 6.49. The number of nitrogens with one attached hydrogen (secondary N) is 1. The lowest BCUT2D eigenvalue weighted by Crippen LogP contribution is -2.32. The summed E-state index contributed by atoms with van der Waals surface area (Å²) in [7, 11) is 0.0870. The van der Waals surface area contributed by atoms with Crippen molar-refractivity contribution in [2.24, 2.45) is 0 Å². The number of ether oxygens (including phenoxy) is 2. The van der Waals surface area contributed by atoms with Gasteiger partial charge in [-0.05, 0) is 47.4 Å². The van der Waals surface area contributed by atoms with Gasteiger partial charge in [0.15, 0.2) is 0 Å². The number of carbonyl (C=O) groups is 2. The number of benzene rings is 3. The predicted octanol–water partition coefficient (Wildman–Crippen LogP) is 2.29. The SMILES string of the molecule is O=C(O)CNCC(=O)OBc1cccc(OCCc2cccc(Oc3ccccc3)c2)c1. The molecule has 0 aromatic heterocycles. The summed E-state index contributed by atoms with van der Waals surface area (Å²) in [5.74, 6) is 0.693. The molecule has 0 saturated heterocycles. The lowest BCUT2D eigenvalue weighted by atomic mass is 9.88. The monoisotopic (exact) mass is 433 g/mol. The molecule has 7 nitrogen and oxygen atoms in total. The van der Waals surface area contributed by atoms with Gasteiger partial charge in [0.25, 0.3) is 0 Å². The molecule has 0 atom stereocenters. The molecule has 0 saturated carbocycles. The molecule has 3 aromatic rings. The molecule has 8 heteroatoms. The van der Waals surface area contributed by atoms with Crippen LogP contribution >= 0.6 is 0 Å². The standard InChI is InChI=1S/C24H24BNO6/c27-23(28)16-26-17-24(29)32-25-19-7-5-10-21(15-19)30-13-12-18-6-4-11-22(14-18)31-20-8-2-1-3-9-20/h1-11,14-15,25-26H,12-13,16-17H2,(H,27,28). The Bertz CT molecular complexity index is 1030. The molecule has 0 unspecified atom stereocenters. The first-order chi connectivity index (χ1) is 15.6. The van der Waals surface area contributed by atoms with Gasteiger partial charge in [-0.15, -0.1) is 0 Å². The molecule has 32 heavy (non-hydrogen) atoms. The molecule has 0 spiro atoms. The Morgan fingerprint density at radius 1 is 0.844 bits per heavy atom. The van der Waals surface area contributed by atoms with Gasteiger partial charge in [-0.25, -0.2) is 0 Å². The van der Waals surface area contributed by atoms with Gasteiger partial charge in [0.05, 0.1) is 19.7 Å². The third kappa shape index (κ3) is 8.16. The maximum Gasteiger partial charge on any atom is 0.377 e. The lowest BCUT2D eigenvalue weighted by Gasteiger charge is -2.10. The average molecular weight is 433 g/mol. The zero-order chi connectivity index (χ0) is 22.6. The van der Waals surface area contributed by atoms with Crippen molar-refractivity contribution in [1.29, 1.82) is 0 Å². The maximum atomic E-state index is 11.6. The normalized spacial score (nSPS) is 10.2. The van der Waals surface area contributed by atoms with Crippen LogP contribution in [0.4, 0.5) is 0 Å². The Kier molecular flexibility index (Phi) is 8.71. The zero-order valence-corrected chi connectivity index (χ0v) is 17.5. The van der Waals surface area contributed by atoms with E-state index >= 15 is 0 Å². The molecule has 0 bridgehead atoms. The minimum atomic E-state index is -1.03. The third-order valence-corrected chi connectivity index (χ3v) is 4.38. The Balaban J connectivity index is 1.44. The molecule has 0 aliphatic carbocycles. The van der Waals surface area contributed by atoms with E-state index in [9.17, 15) is 9.59 Å². The zero-order valence-electron chi connectivity index (χ0n) is 17.5. The lowest BCUT2D eigenvalue weighted by molar-refractivity contribution is -0.136. The largest absolute Gasteiger partial charge is 0.534 e. The number of carboxylic acid groups (broad SMARTS) is 1. The van der Waals surface area contributed by atoms with Crippen LogP contribution in [0.5, 0.6) is 17.2 Å². The highest BCUT2D eigenvalue weighted by atomic mass is 16.5. The minimum absolute atomic E-state index is 0.0870. The van der Waals surface area contributed by atoms with E-state index in [-0.39, 0.29) is 20.6 Å².